The molecule has 0 unspecified atom stereocenters. The van der Waals surface area contributed by atoms with Gasteiger partial charge in [0, 0.05) is 5.56 Å². The molecule has 1 heterocycles. The van der Waals surface area contributed by atoms with Gasteiger partial charge in [-0.1, -0.05) is 23.7 Å². The molecule has 0 aliphatic rings. The number of rotatable bonds is 1. The van der Waals surface area contributed by atoms with E-state index < -0.39 is 0 Å². The lowest BCUT2D eigenvalue weighted by atomic mass is 10.1. The molecule has 2 rings (SSSR count). The number of hydrogen-bond acceptors (Lipinski definition) is 2. The number of aryl methyl sites for hydroxylation is 1. The van der Waals surface area contributed by atoms with E-state index in [1.165, 1.54) is 6.39 Å². The van der Waals surface area contributed by atoms with Gasteiger partial charge in [-0.25, -0.2) is 4.98 Å². The predicted octanol–water partition coefficient (Wildman–Crippen LogP) is 3.30. The molecule has 0 saturated carbocycles. The Hall–Kier alpha value is -1.28. The van der Waals surface area contributed by atoms with E-state index in [2.05, 4.69) is 4.98 Å². The second kappa shape index (κ2) is 3.23. The zero-order valence-corrected chi connectivity index (χ0v) is 7.88. The average Bonchev–Trinajstić information content (AvgIpc) is 2.52. The second-order valence-electron chi connectivity index (χ2n) is 2.75. The Balaban J connectivity index is 2.59. The van der Waals surface area contributed by atoms with Crippen molar-refractivity contribution in [1.82, 2.24) is 4.98 Å². The molecule has 1 aromatic carbocycles. The van der Waals surface area contributed by atoms with E-state index in [-0.39, 0.29) is 0 Å². The molecule has 0 fully saturated rings. The highest BCUT2D eigenvalue weighted by atomic mass is 35.5. The first kappa shape index (κ1) is 8.32. The van der Waals surface area contributed by atoms with Gasteiger partial charge in [0.1, 0.15) is 0 Å². The van der Waals surface area contributed by atoms with Crippen LogP contribution in [-0.4, -0.2) is 4.98 Å². The lowest BCUT2D eigenvalue weighted by Gasteiger charge is -1.99. The summed E-state index contributed by atoms with van der Waals surface area (Å²) < 4.78 is 5.24. The number of oxazole rings is 1. The third kappa shape index (κ3) is 1.45. The molecule has 0 bridgehead atoms. The third-order valence-electron chi connectivity index (χ3n) is 1.86. The van der Waals surface area contributed by atoms with Gasteiger partial charge >= 0.3 is 0 Å². The molecule has 0 aliphatic carbocycles. The number of nitrogens with zero attached hydrogens (tertiary/aromatic N) is 1. The average molecular weight is 194 g/mol. The van der Waals surface area contributed by atoms with Crippen molar-refractivity contribution >= 4 is 11.6 Å². The van der Waals surface area contributed by atoms with Crippen LogP contribution in [0.15, 0.2) is 35.1 Å². The quantitative estimate of drug-likeness (QED) is 0.695. The van der Waals surface area contributed by atoms with Gasteiger partial charge in [-0.15, -0.1) is 0 Å². The molecule has 0 spiro atoms. The maximum absolute atomic E-state index is 6.00. The van der Waals surface area contributed by atoms with Gasteiger partial charge in [0.15, 0.2) is 12.2 Å². The molecule has 1 aromatic heterocycles. The summed E-state index contributed by atoms with van der Waals surface area (Å²) >= 11 is 6.00. The van der Waals surface area contributed by atoms with Gasteiger partial charge in [0.25, 0.3) is 0 Å². The van der Waals surface area contributed by atoms with Gasteiger partial charge in [0.05, 0.1) is 10.7 Å². The maximum atomic E-state index is 6.00. The smallest absolute Gasteiger partial charge is 0.181 e. The molecular weight excluding hydrogens is 186 g/mol. The fourth-order valence-electron chi connectivity index (χ4n) is 1.21. The monoisotopic (exact) mass is 193 g/mol. The highest BCUT2D eigenvalue weighted by Crippen LogP contribution is 2.29. The van der Waals surface area contributed by atoms with Crippen LogP contribution in [0.5, 0.6) is 0 Å². The highest BCUT2D eigenvalue weighted by molar-refractivity contribution is 6.33. The van der Waals surface area contributed by atoms with E-state index in [9.17, 15) is 0 Å². The SMILES string of the molecule is Cc1ncoc1-c1ccccc1Cl. The molecule has 0 amide bonds. The van der Waals surface area contributed by atoms with E-state index in [1.54, 1.807) is 0 Å². The first-order valence-corrected chi connectivity index (χ1v) is 4.32. The Morgan fingerprint density at radius 3 is 2.69 bits per heavy atom. The molecule has 3 heteroatoms. The van der Waals surface area contributed by atoms with Gasteiger partial charge in [-0.3, -0.25) is 0 Å². The summed E-state index contributed by atoms with van der Waals surface area (Å²) in [5.74, 6) is 0.741. The number of benzene rings is 1. The van der Waals surface area contributed by atoms with Crippen LogP contribution >= 0.6 is 11.6 Å². The molecule has 0 saturated heterocycles. The van der Waals surface area contributed by atoms with Gasteiger partial charge in [-0.05, 0) is 19.1 Å². The topological polar surface area (TPSA) is 26.0 Å². The number of aromatic nitrogens is 1. The van der Waals surface area contributed by atoms with Crippen LogP contribution in [0.1, 0.15) is 5.69 Å². The van der Waals surface area contributed by atoms with E-state index in [1.807, 2.05) is 31.2 Å². The second-order valence-corrected chi connectivity index (χ2v) is 3.15. The summed E-state index contributed by atoms with van der Waals surface area (Å²) in [4.78, 5) is 4.01. The van der Waals surface area contributed by atoms with Crippen molar-refractivity contribution in [2.75, 3.05) is 0 Å². The van der Waals surface area contributed by atoms with E-state index >= 15 is 0 Å². The Bertz CT molecular complexity index is 422. The Kier molecular flexibility index (Phi) is 2.07. The van der Waals surface area contributed by atoms with Crippen molar-refractivity contribution in [1.29, 1.82) is 0 Å². The minimum absolute atomic E-state index is 0.683. The molecule has 2 nitrogen and oxygen atoms in total. The van der Waals surface area contributed by atoms with Crippen LogP contribution in [0.25, 0.3) is 11.3 Å². The van der Waals surface area contributed by atoms with E-state index in [4.69, 9.17) is 16.0 Å². The summed E-state index contributed by atoms with van der Waals surface area (Å²) in [6, 6.07) is 7.55. The Morgan fingerprint density at radius 2 is 2.08 bits per heavy atom. The summed E-state index contributed by atoms with van der Waals surface area (Å²) in [5, 5.41) is 0.683. The van der Waals surface area contributed by atoms with Gasteiger partial charge in [0.2, 0.25) is 0 Å². The van der Waals surface area contributed by atoms with Gasteiger partial charge in [-0.2, -0.15) is 0 Å². The van der Waals surface area contributed by atoms with Crippen LogP contribution in [0.4, 0.5) is 0 Å². The summed E-state index contributed by atoms with van der Waals surface area (Å²) in [6.07, 6.45) is 1.42. The van der Waals surface area contributed by atoms with Crippen molar-refractivity contribution in [3.8, 4) is 11.3 Å². The Labute approximate surface area is 81.2 Å². The number of halogens is 1. The van der Waals surface area contributed by atoms with Crippen molar-refractivity contribution in [2.45, 2.75) is 6.92 Å². The largest absolute Gasteiger partial charge is 0.443 e. The third-order valence-corrected chi connectivity index (χ3v) is 2.19. The minimum atomic E-state index is 0.683. The van der Waals surface area contributed by atoms with Crippen LogP contribution < -0.4 is 0 Å². The molecule has 0 N–H and O–H groups in total. The van der Waals surface area contributed by atoms with E-state index in [0.717, 1.165) is 17.0 Å². The summed E-state index contributed by atoms with van der Waals surface area (Å²) in [6.45, 7) is 1.89. The molecule has 0 atom stereocenters. The fraction of sp³-hybridized carbons (Fsp3) is 0.100. The lowest BCUT2D eigenvalue weighted by Crippen LogP contribution is -1.79. The Morgan fingerprint density at radius 1 is 1.31 bits per heavy atom. The molecule has 0 radical (unpaired) electrons. The van der Waals surface area contributed by atoms with Crippen LogP contribution in [0.2, 0.25) is 5.02 Å². The molecule has 2 aromatic rings. The minimum Gasteiger partial charge on any atom is -0.443 e. The van der Waals surface area contributed by atoms with Crippen LogP contribution in [-0.2, 0) is 0 Å². The molecule has 13 heavy (non-hydrogen) atoms. The van der Waals surface area contributed by atoms with Crippen molar-refractivity contribution < 1.29 is 4.42 Å². The van der Waals surface area contributed by atoms with Crippen molar-refractivity contribution in [3.63, 3.8) is 0 Å². The summed E-state index contributed by atoms with van der Waals surface area (Å²) in [5.41, 5.74) is 1.74. The first-order valence-electron chi connectivity index (χ1n) is 3.94. The zero-order valence-electron chi connectivity index (χ0n) is 7.12. The van der Waals surface area contributed by atoms with E-state index in [0.29, 0.717) is 5.02 Å². The van der Waals surface area contributed by atoms with Crippen LogP contribution in [0.3, 0.4) is 0 Å². The van der Waals surface area contributed by atoms with Gasteiger partial charge < -0.3 is 4.42 Å². The van der Waals surface area contributed by atoms with Crippen molar-refractivity contribution in [3.05, 3.63) is 41.4 Å². The summed E-state index contributed by atoms with van der Waals surface area (Å²) in [7, 11) is 0. The zero-order chi connectivity index (χ0) is 9.26. The first-order chi connectivity index (χ1) is 6.29. The van der Waals surface area contributed by atoms with Crippen molar-refractivity contribution in [2.24, 2.45) is 0 Å². The lowest BCUT2D eigenvalue weighted by molar-refractivity contribution is 0.571. The molecule has 66 valence electrons. The predicted molar refractivity (Wildman–Crippen MR) is 51.7 cm³/mol. The maximum Gasteiger partial charge on any atom is 0.181 e. The molecule has 0 aliphatic heterocycles. The van der Waals surface area contributed by atoms with Crippen LogP contribution in [0, 0.1) is 6.92 Å². The molecular formula is C10H8ClNO. The normalized spacial score (nSPS) is 10.3. The fourth-order valence-corrected chi connectivity index (χ4v) is 1.43. The standard InChI is InChI=1S/C10H8ClNO/c1-7-10(13-6-12-7)8-4-2-3-5-9(8)11/h2-6H,1H3. The highest BCUT2D eigenvalue weighted by Gasteiger charge is 2.09. The number of hydrogen-bond donors (Lipinski definition) is 0.